The molecule has 1 aromatic heterocycles. The van der Waals surface area contributed by atoms with Crippen molar-refractivity contribution in [3.05, 3.63) is 23.3 Å². The van der Waals surface area contributed by atoms with E-state index in [1.165, 1.54) is 0 Å². The Morgan fingerprint density at radius 3 is 2.50 bits per heavy atom. The first-order chi connectivity index (χ1) is 7.56. The van der Waals surface area contributed by atoms with Crippen molar-refractivity contribution in [3.63, 3.8) is 0 Å². The van der Waals surface area contributed by atoms with E-state index in [0.29, 0.717) is 5.92 Å². The maximum Gasteiger partial charge on any atom is 0.219 e. The largest absolute Gasteiger partial charge is 0.342 e. The summed E-state index contributed by atoms with van der Waals surface area (Å²) in [4.78, 5) is 22.0. The third-order valence-corrected chi connectivity index (χ3v) is 3.00. The molecule has 0 bridgehead atoms. The van der Waals surface area contributed by atoms with E-state index in [1.807, 2.05) is 24.8 Å². The van der Waals surface area contributed by atoms with Gasteiger partial charge in [0.2, 0.25) is 5.91 Å². The summed E-state index contributed by atoms with van der Waals surface area (Å²) in [5.74, 6) is 1.34. The van der Waals surface area contributed by atoms with E-state index in [1.54, 1.807) is 6.92 Å². The molecule has 1 amide bonds. The van der Waals surface area contributed by atoms with Crippen LogP contribution in [0.25, 0.3) is 0 Å². The van der Waals surface area contributed by atoms with Crippen molar-refractivity contribution in [3.8, 4) is 0 Å². The van der Waals surface area contributed by atoms with E-state index in [4.69, 9.17) is 0 Å². The fourth-order valence-electron chi connectivity index (χ4n) is 2.19. The minimum Gasteiger partial charge on any atom is -0.342 e. The van der Waals surface area contributed by atoms with Crippen molar-refractivity contribution >= 4 is 5.91 Å². The molecule has 0 aromatic carbocycles. The first-order valence-electron chi connectivity index (χ1n) is 5.64. The predicted molar refractivity (Wildman–Crippen MR) is 61.1 cm³/mol. The number of hydrogen-bond donors (Lipinski definition) is 0. The van der Waals surface area contributed by atoms with Crippen LogP contribution in [0.4, 0.5) is 0 Å². The van der Waals surface area contributed by atoms with Gasteiger partial charge in [0.05, 0.1) is 0 Å². The van der Waals surface area contributed by atoms with Crippen LogP contribution in [0, 0.1) is 13.8 Å². The number of amides is 1. The minimum absolute atomic E-state index is 0.145. The molecule has 0 spiro atoms. The zero-order valence-electron chi connectivity index (χ0n) is 10.0. The summed E-state index contributed by atoms with van der Waals surface area (Å²) in [7, 11) is 0. The van der Waals surface area contributed by atoms with Crippen LogP contribution in [0.3, 0.4) is 0 Å². The highest BCUT2D eigenvalue weighted by Crippen LogP contribution is 2.24. The summed E-state index contributed by atoms with van der Waals surface area (Å²) >= 11 is 0. The second-order valence-electron chi connectivity index (χ2n) is 4.46. The van der Waals surface area contributed by atoms with Crippen LogP contribution in [0.5, 0.6) is 0 Å². The zero-order valence-corrected chi connectivity index (χ0v) is 10.0. The average Bonchev–Trinajstić information content (AvgIpc) is 2.64. The van der Waals surface area contributed by atoms with E-state index < -0.39 is 0 Å². The first-order valence-corrected chi connectivity index (χ1v) is 5.64. The van der Waals surface area contributed by atoms with Gasteiger partial charge in [-0.2, -0.15) is 0 Å². The molecular weight excluding hydrogens is 202 g/mol. The average molecular weight is 219 g/mol. The minimum atomic E-state index is 0.145. The van der Waals surface area contributed by atoms with Gasteiger partial charge in [-0.05, 0) is 26.3 Å². The fraction of sp³-hybridized carbons (Fsp3) is 0.583. The lowest BCUT2D eigenvalue weighted by molar-refractivity contribution is -0.127. The number of aromatic nitrogens is 2. The van der Waals surface area contributed by atoms with Crippen LogP contribution in [0.2, 0.25) is 0 Å². The quantitative estimate of drug-likeness (QED) is 0.717. The van der Waals surface area contributed by atoms with Crippen molar-refractivity contribution in [2.75, 3.05) is 13.1 Å². The Labute approximate surface area is 95.7 Å². The molecule has 2 rings (SSSR count). The molecule has 1 aromatic rings. The van der Waals surface area contributed by atoms with Gasteiger partial charge in [-0.1, -0.05) is 0 Å². The van der Waals surface area contributed by atoms with E-state index in [9.17, 15) is 4.79 Å². The van der Waals surface area contributed by atoms with Gasteiger partial charge >= 0.3 is 0 Å². The summed E-state index contributed by atoms with van der Waals surface area (Å²) in [5.41, 5.74) is 2.01. The zero-order chi connectivity index (χ0) is 11.7. The molecule has 1 aliphatic rings. The van der Waals surface area contributed by atoms with Gasteiger partial charge in [0.1, 0.15) is 5.82 Å². The van der Waals surface area contributed by atoms with Crippen LogP contribution in [0.15, 0.2) is 6.07 Å². The van der Waals surface area contributed by atoms with E-state index in [2.05, 4.69) is 9.97 Å². The van der Waals surface area contributed by atoms with Crippen LogP contribution in [-0.2, 0) is 4.79 Å². The van der Waals surface area contributed by atoms with Crippen molar-refractivity contribution in [2.24, 2.45) is 0 Å². The molecule has 86 valence electrons. The Morgan fingerprint density at radius 2 is 2.00 bits per heavy atom. The summed E-state index contributed by atoms with van der Waals surface area (Å²) < 4.78 is 0. The maximum absolute atomic E-state index is 11.2. The summed E-state index contributed by atoms with van der Waals surface area (Å²) in [6, 6.07) is 1.97. The van der Waals surface area contributed by atoms with Crippen molar-refractivity contribution in [2.45, 2.75) is 33.1 Å². The Morgan fingerprint density at radius 1 is 1.38 bits per heavy atom. The number of likely N-dealkylation sites (tertiary alicyclic amines) is 1. The maximum atomic E-state index is 11.2. The molecule has 0 N–H and O–H groups in total. The standard InChI is InChI=1S/C12H17N3O/c1-8-6-9(2)14-12(13-8)11-4-5-15(7-11)10(3)16/h6,11H,4-5,7H2,1-3H3/t11-/m0/s1. The predicted octanol–water partition coefficient (Wildman–Crippen LogP) is 1.43. The van der Waals surface area contributed by atoms with Crippen molar-refractivity contribution in [1.29, 1.82) is 0 Å². The molecule has 1 atom stereocenters. The molecule has 16 heavy (non-hydrogen) atoms. The molecule has 1 saturated heterocycles. The van der Waals surface area contributed by atoms with Gasteiger partial charge in [0.25, 0.3) is 0 Å². The highest BCUT2D eigenvalue weighted by molar-refractivity contribution is 5.73. The van der Waals surface area contributed by atoms with E-state index >= 15 is 0 Å². The Hall–Kier alpha value is -1.45. The Balaban J connectivity index is 2.17. The molecule has 1 fully saturated rings. The SMILES string of the molecule is CC(=O)N1CC[C@H](c2nc(C)cc(C)n2)C1. The Kier molecular flexibility index (Phi) is 2.90. The topological polar surface area (TPSA) is 46.1 Å². The number of carbonyl (C=O) groups excluding carboxylic acids is 1. The smallest absolute Gasteiger partial charge is 0.219 e. The normalized spacial score (nSPS) is 20.2. The molecule has 2 heterocycles. The molecule has 4 nitrogen and oxygen atoms in total. The van der Waals surface area contributed by atoms with Gasteiger partial charge in [0, 0.05) is 37.3 Å². The van der Waals surface area contributed by atoms with Crippen LogP contribution < -0.4 is 0 Å². The first kappa shape index (κ1) is 11.0. The second kappa shape index (κ2) is 4.20. The van der Waals surface area contributed by atoms with Crippen LogP contribution in [-0.4, -0.2) is 33.9 Å². The molecule has 0 aliphatic carbocycles. The number of hydrogen-bond acceptors (Lipinski definition) is 3. The lowest BCUT2D eigenvalue weighted by atomic mass is 10.1. The summed E-state index contributed by atoms with van der Waals surface area (Å²) in [6.45, 7) is 7.17. The monoisotopic (exact) mass is 219 g/mol. The molecule has 0 saturated carbocycles. The van der Waals surface area contributed by atoms with Crippen molar-refractivity contribution < 1.29 is 4.79 Å². The van der Waals surface area contributed by atoms with Crippen LogP contribution in [0.1, 0.15) is 36.5 Å². The molecule has 4 heteroatoms. The second-order valence-corrected chi connectivity index (χ2v) is 4.46. The van der Waals surface area contributed by atoms with Gasteiger partial charge in [-0.15, -0.1) is 0 Å². The molecule has 0 radical (unpaired) electrons. The highest BCUT2D eigenvalue weighted by Gasteiger charge is 2.27. The summed E-state index contributed by atoms with van der Waals surface area (Å²) in [5, 5.41) is 0. The summed E-state index contributed by atoms with van der Waals surface area (Å²) in [6.07, 6.45) is 0.975. The van der Waals surface area contributed by atoms with Gasteiger partial charge < -0.3 is 4.90 Å². The molecule has 1 aliphatic heterocycles. The Bertz CT molecular complexity index is 396. The van der Waals surface area contributed by atoms with E-state index in [-0.39, 0.29) is 5.91 Å². The molecular formula is C12H17N3O. The van der Waals surface area contributed by atoms with Crippen molar-refractivity contribution in [1.82, 2.24) is 14.9 Å². The number of rotatable bonds is 1. The number of nitrogens with zero attached hydrogens (tertiary/aromatic N) is 3. The van der Waals surface area contributed by atoms with Gasteiger partial charge in [-0.25, -0.2) is 9.97 Å². The molecule has 0 unspecified atom stereocenters. The third kappa shape index (κ3) is 2.21. The highest BCUT2D eigenvalue weighted by atomic mass is 16.2. The lowest BCUT2D eigenvalue weighted by Gasteiger charge is -2.13. The van der Waals surface area contributed by atoms with E-state index in [0.717, 1.165) is 36.7 Å². The number of carbonyl (C=O) groups is 1. The fourth-order valence-corrected chi connectivity index (χ4v) is 2.19. The third-order valence-electron chi connectivity index (χ3n) is 3.00. The van der Waals surface area contributed by atoms with Crippen LogP contribution >= 0.6 is 0 Å². The van der Waals surface area contributed by atoms with Gasteiger partial charge in [-0.3, -0.25) is 4.79 Å². The lowest BCUT2D eigenvalue weighted by Crippen LogP contribution is -2.25. The number of aryl methyl sites for hydroxylation is 2. The van der Waals surface area contributed by atoms with Gasteiger partial charge in [0.15, 0.2) is 0 Å².